The highest BCUT2D eigenvalue weighted by Crippen LogP contribution is 2.18. The van der Waals surface area contributed by atoms with E-state index in [1.165, 1.54) is 11.4 Å². The van der Waals surface area contributed by atoms with Gasteiger partial charge in [0, 0.05) is 37.6 Å². The molecular weight excluding hydrogens is 236 g/mol. The summed E-state index contributed by atoms with van der Waals surface area (Å²) >= 11 is 0. The molecule has 0 aliphatic carbocycles. The van der Waals surface area contributed by atoms with Gasteiger partial charge in [-0.1, -0.05) is 7.43 Å². The number of nitrogens with zero attached hydrogens (tertiary/aromatic N) is 4. The summed E-state index contributed by atoms with van der Waals surface area (Å²) in [6.07, 6.45) is 0. The number of allylic oxidation sites excluding steroid dienone is 2. The monoisotopic (exact) mass is 270 g/mol. The Morgan fingerprint density at radius 3 is 1.16 bits per heavy atom. The lowest BCUT2D eigenvalue weighted by atomic mass is 10.2. The van der Waals surface area contributed by atoms with Gasteiger partial charge in [-0.25, -0.2) is 0 Å². The van der Waals surface area contributed by atoms with Crippen molar-refractivity contribution in [3.63, 3.8) is 0 Å². The van der Waals surface area contributed by atoms with Crippen LogP contribution in [0.15, 0.2) is 11.4 Å². The molecule has 0 aromatic rings. The summed E-state index contributed by atoms with van der Waals surface area (Å²) in [5.74, 6) is 0. The topological polar surface area (TPSA) is 13.0 Å². The zero-order valence-electron chi connectivity index (χ0n) is 13.4. The second kappa shape index (κ2) is 7.15. The molecule has 0 aromatic heterocycles. The molecule has 0 saturated carbocycles. The highest BCUT2D eigenvalue weighted by Gasteiger charge is 2.28. The van der Waals surface area contributed by atoms with Crippen molar-refractivity contribution in [2.24, 2.45) is 0 Å². The Labute approximate surface area is 120 Å². The average molecular weight is 270 g/mol. The summed E-state index contributed by atoms with van der Waals surface area (Å²) in [4.78, 5) is 9.22. The Morgan fingerprint density at radius 2 is 1.05 bits per heavy atom. The molecule has 2 aliphatic rings. The second-order valence-electron chi connectivity index (χ2n) is 5.84. The van der Waals surface area contributed by atoms with E-state index in [9.17, 15) is 0 Å². The Bertz CT molecular complexity index is 285. The van der Waals surface area contributed by atoms with E-state index in [0.717, 1.165) is 25.4 Å². The maximum absolute atomic E-state index is 2.37. The van der Waals surface area contributed by atoms with Crippen molar-refractivity contribution in [1.82, 2.24) is 19.6 Å². The largest absolute Gasteiger partial charge is 0.359 e. The van der Waals surface area contributed by atoms with Gasteiger partial charge >= 0.3 is 0 Å². The molecule has 2 rings (SSSR count). The molecule has 0 aromatic carbocycles. The lowest BCUT2D eigenvalue weighted by Gasteiger charge is -2.16. The zero-order valence-corrected chi connectivity index (χ0v) is 13.4. The van der Waals surface area contributed by atoms with Crippen molar-refractivity contribution in [3.8, 4) is 0 Å². The summed E-state index contributed by atoms with van der Waals surface area (Å²) in [5, 5.41) is 0. The number of hydrogen-bond acceptors (Lipinski definition) is 4. The van der Waals surface area contributed by atoms with E-state index in [0.29, 0.717) is 0 Å². The standard InChI is InChI=1S/C7H16N2.C7H14N2.CH4/c2*1-6-7(2)9(4)5-8(6)3;/h6-7H,5H2,1-4H3;5H2,1-4H3;1H4. The van der Waals surface area contributed by atoms with Crippen LogP contribution in [-0.4, -0.2) is 73.2 Å². The van der Waals surface area contributed by atoms with Crippen LogP contribution in [0, 0.1) is 0 Å². The Hall–Kier alpha value is -0.740. The minimum absolute atomic E-state index is 0. The van der Waals surface area contributed by atoms with Crippen molar-refractivity contribution >= 4 is 0 Å². The molecule has 114 valence electrons. The smallest absolute Gasteiger partial charge is 0.0892 e. The Balaban J connectivity index is 0.000000324. The van der Waals surface area contributed by atoms with Crippen molar-refractivity contribution in [3.05, 3.63) is 11.4 Å². The van der Waals surface area contributed by atoms with E-state index in [-0.39, 0.29) is 7.43 Å². The molecule has 4 nitrogen and oxygen atoms in total. The normalized spacial score (nSPS) is 28.4. The van der Waals surface area contributed by atoms with Gasteiger partial charge in [0.05, 0.1) is 13.3 Å². The van der Waals surface area contributed by atoms with Gasteiger partial charge in [0.25, 0.3) is 0 Å². The predicted molar refractivity (Wildman–Crippen MR) is 84.8 cm³/mol. The summed E-state index contributed by atoms with van der Waals surface area (Å²) < 4.78 is 0. The Kier molecular flexibility index (Phi) is 6.87. The van der Waals surface area contributed by atoms with E-state index in [1.807, 2.05) is 0 Å². The van der Waals surface area contributed by atoms with Crippen LogP contribution in [0.1, 0.15) is 35.1 Å². The molecule has 2 unspecified atom stereocenters. The molecule has 4 heteroatoms. The maximum atomic E-state index is 2.37. The van der Waals surface area contributed by atoms with Gasteiger partial charge in [-0.15, -0.1) is 0 Å². The molecule has 2 aliphatic heterocycles. The average Bonchev–Trinajstić information content (AvgIpc) is 2.66. The lowest BCUT2D eigenvalue weighted by Crippen LogP contribution is -2.29. The molecule has 0 radical (unpaired) electrons. The number of likely N-dealkylation sites (N-methyl/N-ethyl adjacent to an activating group) is 2. The van der Waals surface area contributed by atoms with Crippen LogP contribution in [0.2, 0.25) is 0 Å². The van der Waals surface area contributed by atoms with E-state index in [1.54, 1.807) is 0 Å². The number of hydrogen-bond donors (Lipinski definition) is 0. The maximum Gasteiger partial charge on any atom is 0.0892 e. The van der Waals surface area contributed by atoms with Gasteiger partial charge < -0.3 is 9.80 Å². The third-order valence-corrected chi connectivity index (χ3v) is 4.63. The minimum Gasteiger partial charge on any atom is -0.359 e. The zero-order chi connectivity index (χ0) is 14.0. The predicted octanol–water partition coefficient (Wildman–Crippen LogP) is 2.31. The molecule has 0 amide bonds. The first-order valence-electron chi connectivity index (χ1n) is 6.76. The van der Waals surface area contributed by atoms with Crippen LogP contribution >= 0.6 is 0 Å². The van der Waals surface area contributed by atoms with Crippen molar-refractivity contribution in [2.45, 2.75) is 47.2 Å². The van der Waals surface area contributed by atoms with Crippen LogP contribution in [0.4, 0.5) is 0 Å². The second-order valence-corrected chi connectivity index (χ2v) is 5.84. The van der Waals surface area contributed by atoms with Gasteiger partial charge in [0.2, 0.25) is 0 Å². The van der Waals surface area contributed by atoms with Gasteiger partial charge in [0.1, 0.15) is 0 Å². The van der Waals surface area contributed by atoms with Gasteiger partial charge in [-0.05, 0) is 41.8 Å². The fourth-order valence-corrected chi connectivity index (χ4v) is 2.43. The van der Waals surface area contributed by atoms with Crippen molar-refractivity contribution in [2.75, 3.05) is 41.5 Å². The molecule has 0 spiro atoms. The third-order valence-electron chi connectivity index (χ3n) is 4.63. The third kappa shape index (κ3) is 4.11. The first-order chi connectivity index (χ1) is 8.25. The fourth-order valence-electron chi connectivity index (χ4n) is 2.43. The molecule has 0 N–H and O–H groups in total. The van der Waals surface area contributed by atoms with E-state index in [4.69, 9.17) is 0 Å². The molecule has 0 bridgehead atoms. The summed E-state index contributed by atoms with van der Waals surface area (Å²) in [6, 6.07) is 1.44. The van der Waals surface area contributed by atoms with Gasteiger partial charge in [-0.2, -0.15) is 0 Å². The highest BCUT2D eigenvalue weighted by molar-refractivity contribution is 5.11. The van der Waals surface area contributed by atoms with Crippen LogP contribution in [0.3, 0.4) is 0 Å². The van der Waals surface area contributed by atoms with E-state index >= 15 is 0 Å². The minimum atomic E-state index is 0. The SMILES string of the molecule is C.CC1=C(C)N(C)CN1C.CC1C(C)N(C)CN1C. The Morgan fingerprint density at radius 1 is 0.737 bits per heavy atom. The first kappa shape index (κ1) is 18.3. The molecule has 1 fully saturated rings. The van der Waals surface area contributed by atoms with Crippen LogP contribution < -0.4 is 0 Å². The quantitative estimate of drug-likeness (QED) is 0.669. The summed E-state index contributed by atoms with van der Waals surface area (Å²) in [7, 11) is 8.57. The summed E-state index contributed by atoms with van der Waals surface area (Å²) in [6.45, 7) is 11.0. The van der Waals surface area contributed by atoms with Crippen LogP contribution in [-0.2, 0) is 0 Å². The van der Waals surface area contributed by atoms with E-state index in [2.05, 4.69) is 75.5 Å². The van der Waals surface area contributed by atoms with Gasteiger partial charge in [0.15, 0.2) is 0 Å². The summed E-state index contributed by atoms with van der Waals surface area (Å²) in [5.41, 5.74) is 2.77. The molecular formula is C15H34N4. The van der Waals surface area contributed by atoms with Crippen LogP contribution in [0.5, 0.6) is 0 Å². The fraction of sp³-hybridized carbons (Fsp3) is 0.867. The van der Waals surface area contributed by atoms with Crippen molar-refractivity contribution in [1.29, 1.82) is 0 Å². The van der Waals surface area contributed by atoms with E-state index < -0.39 is 0 Å². The van der Waals surface area contributed by atoms with Crippen LogP contribution in [0.25, 0.3) is 0 Å². The first-order valence-corrected chi connectivity index (χ1v) is 6.76. The molecule has 2 heterocycles. The molecule has 19 heavy (non-hydrogen) atoms. The molecule has 1 saturated heterocycles. The van der Waals surface area contributed by atoms with Gasteiger partial charge in [-0.3, -0.25) is 9.80 Å². The van der Waals surface area contributed by atoms with Crippen molar-refractivity contribution < 1.29 is 0 Å². The number of rotatable bonds is 0. The highest BCUT2D eigenvalue weighted by atomic mass is 15.4. The molecule has 2 atom stereocenters. The lowest BCUT2D eigenvalue weighted by molar-refractivity contribution is 0.289.